The van der Waals surface area contributed by atoms with E-state index in [4.69, 9.17) is 4.99 Å². The summed E-state index contributed by atoms with van der Waals surface area (Å²) in [5, 5.41) is 0. The van der Waals surface area contributed by atoms with Crippen molar-refractivity contribution in [1.82, 2.24) is 15.0 Å². The molecule has 7 heteroatoms. The van der Waals surface area contributed by atoms with Crippen molar-refractivity contribution >= 4 is 52.5 Å². The predicted molar refractivity (Wildman–Crippen MR) is 116 cm³/mol. The number of nitrogens with zero attached hydrogens (tertiary/aromatic N) is 2. The fourth-order valence-electron chi connectivity index (χ4n) is 2.97. The minimum Gasteiger partial charge on any atom is -0.354 e. The van der Waals surface area contributed by atoms with Crippen LogP contribution in [0.3, 0.4) is 0 Å². The smallest absolute Gasteiger partial charge is 0.0825 e. The monoisotopic (exact) mass is 452 g/mol. The predicted octanol–water partition coefficient (Wildman–Crippen LogP) is 5.68. The van der Waals surface area contributed by atoms with Crippen LogP contribution in [0.25, 0.3) is 17.5 Å². The third-order valence-electron chi connectivity index (χ3n) is 4.09. The zero-order valence-corrected chi connectivity index (χ0v) is 17.1. The van der Waals surface area contributed by atoms with Crippen molar-refractivity contribution < 1.29 is 0 Å². The Morgan fingerprint density at radius 2 is 1.81 bits per heavy atom. The van der Waals surface area contributed by atoms with Gasteiger partial charge in [-0.1, -0.05) is 0 Å². The molecule has 0 aliphatic carbocycles. The zero-order valence-electron chi connectivity index (χ0n) is 13.9. The van der Waals surface area contributed by atoms with Crippen LogP contribution in [0.15, 0.2) is 64.0 Å². The summed E-state index contributed by atoms with van der Waals surface area (Å²) in [7, 11) is 0. The first-order valence-electron chi connectivity index (χ1n) is 7.99. The molecule has 4 heterocycles. The standard InChI is InChI=1S/C19H17BrN4.2ClH/c20-18-8-7-17(24-18)16-6-5-15(23-16)11-13-3-2-10-22-19(13)14-4-1-9-21-12-14;;/h1,4-9,11-12,23-24H,2-3,10H2;2*1H/b13-11+;;. The number of aromatic amines is 2. The molecule has 4 rings (SSSR count). The summed E-state index contributed by atoms with van der Waals surface area (Å²) in [6, 6.07) is 12.3. The second-order valence-electron chi connectivity index (χ2n) is 5.79. The summed E-state index contributed by atoms with van der Waals surface area (Å²) in [5.41, 5.74) is 6.63. The van der Waals surface area contributed by atoms with E-state index in [1.54, 1.807) is 6.20 Å². The van der Waals surface area contributed by atoms with Crippen LogP contribution in [0.2, 0.25) is 0 Å². The molecule has 0 aromatic carbocycles. The van der Waals surface area contributed by atoms with Crippen molar-refractivity contribution in [3.63, 3.8) is 0 Å². The maximum atomic E-state index is 4.73. The summed E-state index contributed by atoms with van der Waals surface area (Å²) >= 11 is 3.45. The number of hydrogen-bond donors (Lipinski definition) is 2. The average Bonchev–Trinajstić information content (AvgIpc) is 3.25. The number of halogens is 3. The Bertz CT molecular complexity index is 913. The van der Waals surface area contributed by atoms with Crippen LogP contribution < -0.4 is 0 Å². The van der Waals surface area contributed by atoms with Crippen LogP contribution in [0.4, 0.5) is 0 Å². The molecule has 0 spiro atoms. The highest BCUT2D eigenvalue weighted by atomic mass is 79.9. The number of nitrogens with one attached hydrogen (secondary N) is 2. The van der Waals surface area contributed by atoms with E-state index in [-0.39, 0.29) is 24.8 Å². The third kappa shape index (κ3) is 4.47. The molecule has 0 bridgehead atoms. The average molecular weight is 454 g/mol. The van der Waals surface area contributed by atoms with Gasteiger partial charge in [0.1, 0.15) is 0 Å². The van der Waals surface area contributed by atoms with E-state index in [0.29, 0.717) is 0 Å². The van der Waals surface area contributed by atoms with Crippen molar-refractivity contribution in [2.24, 2.45) is 4.99 Å². The summed E-state index contributed by atoms with van der Waals surface area (Å²) < 4.78 is 0.977. The first kappa shape index (κ1) is 20.5. The Morgan fingerprint density at radius 1 is 1.00 bits per heavy atom. The Hall–Kier alpha value is -1.82. The van der Waals surface area contributed by atoms with Crippen LogP contribution in [-0.2, 0) is 0 Å². The number of aliphatic imine (C=N–C) groups is 1. The number of allylic oxidation sites excluding steroid dienone is 1. The number of pyridine rings is 1. The molecule has 0 amide bonds. The zero-order chi connectivity index (χ0) is 16.4. The SMILES string of the molecule is Brc1ccc(-c2ccc(/C=C3\CCCN=C3c3cccnc3)[nH]2)[nH]1.Cl.Cl. The Kier molecular flexibility index (Phi) is 7.26. The molecule has 0 saturated heterocycles. The maximum absolute atomic E-state index is 4.73. The van der Waals surface area contributed by atoms with Gasteiger partial charge in [0.05, 0.1) is 21.7 Å². The molecule has 4 nitrogen and oxygen atoms in total. The van der Waals surface area contributed by atoms with Crippen molar-refractivity contribution in [2.75, 3.05) is 6.54 Å². The first-order valence-corrected chi connectivity index (χ1v) is 8.78. The molecule has 0 saturated carbocycles. The number of H-pyrrole nitrogens is 2. The minimum absolute atomic E-state index is 0. The highest BCUT2D eigenvalue weighted by Crippen LogP contribution is 2.24. The lowest BCUT2D eigenvalue weighted by Gasteiger charge is -2.16. The van der Waals surface area contributed by atoms with Gasteiger partial charge in [0.15, 0.2) is 0 Å². The third-order valence-corrected chi connectivity index (χ3v) is 4.55. The molecule has 3 aromatic rings. The molecule has 136 valence electrons. The van der Waals surface area contributed by atoms with Crippen LogP contribution in [0.5, 0.6) is 0 Å². The molecule has 0 radical (unpaired) electrons. The highest BCUT2D eigenvalue weighted by molar-refractivity contribution is 9.10. The number of rotatable bonds is 3. The van der Waals surface area contributed by atoms with E-state index in [9.17, 15) is 0 Å². The molecule has 0 atom stereocenters. The maximum Gasteiger partial charge on any atom is 0.0825 e. The minimum atomic E-state index is 0. The van der Waals surface area contributed by atoms with E-state index in [0.717, 1.165) is 52.3 Å². The summed E-state index contributed by atoms with van der Waals surface area (Å²) in [4.78, 5) is 15.7. The molecule has 3 aromatic heterocycles. The summed E-state index contributed by atoms with van der Waals surface area (Å²) in [6.45, 7) is 0.883. The van der Waals surface area contributed by atoms with Crippen molar-refractivity contribution in [2.45, 2.75) is 12.8 Å². The van der Waals surface area contributed by atoms with Crippen molar-refractivity contribution in [1.29, 1.82) is 0 Å². The molecule has 0 fully saturated rings. The molecule has 0 unspecified atom stereocenters. The van der Waals surface area contributed by atoms with Crippen LogP contribution in [0.1, 0.15) is 24.1 Å². The fourth-order valence-corrected chi connectivity index (χ4v) is 3.31. The van der Waals surface area contributed by atoms with E-state index in [2.05, 4.69) is 61.2 Å². The topological polar surface area (TPSA) is 56.8 Å². The lowest BCUT2D eigenvalue weighted by Crippen LogP contribution is -2.11. The number of aromatic nitrogens is 3. The van der Waals surface area contributed by atoms with Crippen LogP contribution in [-0.4, -0.2) is 27.2 Å². The van der Waals surface area contributed by atoms with Crippen LogP contribution in [0, 0.1) is 0 Å². The van der Waals surface area contributed by atoms with E-state index in [1.165, 1.54) is 5.57 Å². The Balaban J connectivity index is 0.00000121. The molecule has 26 heavy (non-hydrogen) atoms. The van der Waals surface area contributed by atoms with E-state index in [1.807, 2.05) is 18.3 Å². The Morgan fingerprint density at radius 3 is 2.54 bits per heavy atom. The molecule has 1 aliphatic rings. The van der Waals surface area contributed by atoms with Gasteiger partial charge in [-0.25, -0.2) is 0 Å². The van der Waals surface area contributed by atoms with Gasteiger partial charge in [-0.05, 0) is 76.8 Å². The van der Waals surface area contributed by atoms with Gasteiger partial charge in [-0.3, -0.25) is 9.98 Å². The normalized spacial score (nSPS) is 15.1. The van der Waals surface area contributed by atoms with Gasteiger partial charge in [0.25, 0.3) is 0 Å². The van der Waals surface area contributed by atoms with Gasteiger partial charge in [-0.2, -0.15) is 0 Å². The van der Waals surface area contributed by atoms with Crippen molar-refractivity contribution in [3.8, 4) is 11.4 Å². The quantitative estimate of drug-likeness (QED) is 0.526. The first-order chi connectivity index (χ1) is 11.8. The molecule has 1 aliphatic heterocycles. The number of hydrogen-bond acceptors (Lipinski definition) is 2. The van der Waals surface area contributed by atoms with Gasteiger partial charge >= 0.3 is 0 Å². The van der Waals surface area contributed by atoms with E-state index >= 15 is 0 Å². The summed E-state index contributed by atoms with van der Waals surface area (Å²) in [5.74, 6) is 0. The fraction of sp³-hybridized carbons (Fsp3) is 0.158. The highest BCUT2D eigenvalue weighted by Gasteiger charge is 2.14. The van der Waals surface area contributed by atoms with Crippen molar-refractivity contribution in [3.05, 3.63) is 70.2 Å². The van der Waals surface area contributed by atoms with Gasteiger partial charge in [0.2, 0.25) is 0 Å². The second kappa shape index (κ2) is 9.21. The summed E-state index contributed by atoms with van der Waals surface area (Å²) in [6.07, 6.45) is 8.01. The molecular weight excluding hydrogens is 435 g/mol. The van der Waals surface area contributed by atoms with Crippen LogP contribution >= 0.6 is 40.7 Å². The van der Waals surface area contributed by atoms with Gasteiger partial charge < -0.3 is 9.97 Å². The lowest BCUT2D eigenvalue weighted by atomic mass is 9.96. The second-order valence-corrected chi connectivity index (χ2v) is 6.65. The Labute approximate surface area is 173 Å². The molecule has 2 N–H and O–H groups in total. The largest absolute Gasteiger partial charge is 0.354 e. The van der Waals surface area contributed by atoms with E-state index < -0.39 is 0 Å². The lowest BCUT2D eigenvalue weighted by molar-refractivity contribution is 0.818. The molecular formula is C19H19BrCl2N4. The van der Waals surface area contributed by atoms with Gasteiger partial charge in [-0.15, -0.1) is 24.8 Å². The van der Waals surface area contributed by atoms with Gasteiger partial charge in [0, 0.05) is 30.2 Å².